The molecule has 0 aliphatic rings. The Balaban J connectivity index is 0.000000980. The van der Waals surface area contributed by atoms with Gasteiger partial charge in [-0.15, -0.1) is 0 Å². The topological polar surface area (TPSA) is 52.6 Å². The SMILES string of the molecule is C=C(C)C(=O)Oc1ccc(OC(=O)C(=C)C)cc1.CCCC. The van der Waals surface area contributed by atoms with Crippen LogP contribution in [0.4, 0.5) is 0 Å². The second kappa shape index (κ2) is 10.4. The summed E-state index contributed by atoms with van der Waals surface area (Å²) in [4.78, 5) is 22.5. The van der Waals surface area contributed by atoms with Crippen molar-refractivity contribution in [2.75, 3.05) is 0 Å². The first-order valence-electron chi connectivity index (χ1n) is 7.17. The average Bonchev–Trinajstić information content (AvgIpc) is 2.49. The number of esters is 2. The van der Waals surface area contributed by atoms with Crippen LogP contribution in [0.15, 0.2) is 48.6 Å². The first-order valence-corrected chi connectivity index (χ1v) is 7.17. The lowest BCUT2D eigenvalue weighted by atomic mass is 10.3. The minimum absolute atomic E-state index is 0.313. The fourth-order valence-corrected chi connectivity index (χ4v) is 0.964. The zero-order chi connectivity index (χ0) is 17.1. The molecule has 4 nitrogen and oxygen atoms in total. The molecule has 22 heavy (non-hydrogen) atoms. The molecule has 0 aliphatic heterocycles. The number of hydrogen-bond donors (Lipinski definition) is 0. The molecular formula is C18H24O4. The normalized spacial score (nSPS) is 9.09. The third-order valence-corrected chi connectivity index (χ3v) is 2.44. The van der Waals surface area contributed by atoms with Gasteiger partial charge in [0.05, 0.1) is 0 Å². The van der Waals surface area contributed by atoms with Crippen molar-refractivity contribution in [3.63, 3.8) is 0 Å². The smallest absolute Gasteiger partial charge is 0.338 e. The van der Waals surface area contributed by atoms with Gasteiger partial charge in [-0.3, -0.25) is 0 Å². The van der Waals surface area contributed by atoms with Gasteiger partial charge < -0.3 is 9.47 Å². The number of rotatable bonds is 5. The first kappa shape index (κ1) is 19.6. The number of hydrogen-bond acceptors (Lipinski definition) is 4. The monoisotopic (exact) mass is 304 g/mol. The number of carbonyl (C=O) groups excluding carboxylic acids is 2. The molecule has 0 N–H and O–H groups in total. The maximum Gasteiger partial charge on any atom is 0.338 e. The Labute approximate surface area is 132 Å². The van der Waals surface area contributed by atoms with Crippen LogP contribution in [0.5, 0.6) is 11.5 Å². The molecule has 0 radical (unpaired) electrons. The zero-order valence-corrected chi connectivity index (χ0v) is 13.8. The van der Waals surface area contributed by atoms with Crippen LogP contribution in [0.25, 0.3) is 0 Å². The summed E-state index contributed by atoms with van der Waals surface area (Å²) in [6, 6.07) is 6.12. The van der Waals surface area contributed by atoms with Crippen molar-refractivity contribution in [1.82, 2.24) is 0 Å². The molecule has 0 heterocycles. The van der Waals surface area contributed by atoms with Crippen molar-refractivity contribution in [2.24, 2.45) is 0 Å². The Morgan fingerprint density at radius 3 is 1.27 bits per heavy atom. The molecule has 0 aliphatic carbocycles. The van der Waals surface area contributed by atoms with Gasteiger partial charge in [0.25, 0.3) is 0 Å². The lowest BCUT2D eigenvalue weighted by Gasteiger charge is -2.06. The van der Waals surface area contributed by atoms with Gasteiger partial charge in [-0.05, 0) is 38.1 Å². The summed E-state index contributed by atoms with van der Waals surface area (Å²) in [6.07, 6.45) is 2.64. The highest BCUT2D eigenvalue weighted by Crippen LogP contribution is 2.19. The van der Waals surface area contributed by atoms with Crippen molar-refractivity contribution in [3.8, 4) is 11.5 Å². The highest BCUT2D eigenvalue weighted by Gasteiger charge is 2.07. The number of unbranched alkanes of at least 4 members (excludes halogenated alkanes) is 1. The van der Waals surface area contributed by atoms with E-state index in [1.807, 2.05) is 0 Å². The van der Waals surface area contributed by atoms with Crippen LogP contribution in [-0.4, -0.2) is 11.9 Å². The Kier molecular flexibility index (Phi) is 9.27. The summed E-state index contributed by atoms with van der Waals surface area (Å²) in [7, 11) is 0. The molecular weight excluding hydrogens is 280 g/mol. The molecule has 1 aromatic rings. The molecule has 120 valence electrons. The second-order valence-corrected chi connectivity index (χ2v) is 4.81. The molecule has 0 saturated heterocycles. The van der Waals surface area contributed by atoms with Crippen LogP contribution in [0, 0.1) is 0 Å². The van der Waals surface area contributed by atoms with Crippen LogP contribution in [0.2, 0.25) is 0 Å². The summed E-state index contributed by atoms with van der Waals surface area (Å²) in [5.41, 5.74) is 0.626. The predicted octanol–water partition coefficient (Wildman–Crippen LogP) is 4.46. The van der Waals surface area contributed by atoms with Gasteiger partial charge in [0.15, 0.2) is 0 Å². The summed E-state index contributed by atoms with van der Waals surface area (Å²) < 4.78 is 9.97. The van der Waals surface area contributed by atoms with Crippen LogP contribution >= 0.6 is 0 Å². The first-order chi connectivity index (χ1) is 10.3. The third kappa shape index (κ3) is 8.04. The van der Waals surface area contributed by atoms with E-state index in [1.54, 1.807) is 13.8 Å². The minimum Gasteiger partial charge on any atom is -0.423 e. The predicted molar refractivity (Wildman–Crippen MR) is 87.9 cm³/mol. The molecule has 1 aromatic carbocycles. The minimum atomic E-state index is -0.498. The fraction of sp³-hybridized carbons (Fsp3) is 0.333. The van der Waals surface area contributed by atoms with Crippen molar-refractivity contribution in [3.05, 3.63) is 48.6 Å². The van der Waals surface area contributed by atoms with Gasteiger partial charge >= 0.3 is 11.9 Å². The maximum atomic E-state index is 11.2. The largest absolute Gasteiger partial charge is 0.423 e. The molecule has 0 atom stereocenters. The Morgan fingerprint density at radius 1 is 0.818 bits per heavy atom. The molecule has 0 fully saturated rings. The van der Waals surface area contributed by atoms with Crippen molar-refractivity contribution >= 4 is 11.9 Å². The standard InChI is InChI=1S/C14H14O4.C4H10/c1-9(2)13(15)17-11-5-7-12(8-6-11)18-14(16)10(3)4;1-3-4-2/h5-8H,1,3H2,2,4H3;3-4H2,1-2H3. The average molecular weight is 304 g/mol. The molecule has 0 spiro atoms. The number of carbonyl (C=O) groups is 2. The van der Waals surface area contributed by atoms with Crippen molar-refractivity contribution < 1.29 is 19.1 Å². The van der Waals surface area contributed by atoms with Gasteiger partial charge in [-0.25, -0.2) is 9.59 Å². The third-order valence-electron chi connectivity index (χ3n) is 2.44. The Morgan fingerprint density at radius 2 is 1.09 bits per heavy atom. The zero-order valence-electron chi connectivity index (χ0n) is 13.8. The quantitative estimate of drug-likeness (QED) is 0.458. The van der Waals surface area contributed by atoms with Crippen LogP contribution < -0.4 is 9.47 Å². The Hall–Kier alpha value is -2.36. The van der Waals surface area contributed by atoms with E-state index in [0.717, 1.165) is 0 Å². The van der Waals surface area contributed by atoms with Crippen molar-refractivity contribution in [1.29, 1.82) is 0 Å². The van der Waals surface area contributed by atoms with E-state index in [-0.39, 0.29) is 0 Å². The number of benzene rings is 1. The van der Waals surface area contributed by atoms with E-state index in [9.17, 15) is 9.59 Å². The Bertz CT molecular complexity index is 478. The van der Waals surface area contributed by atoms with Gasteiger partial charge in [0.2, 0.25) is 0 Å². The molecule has 0 unspecified atom stereocenters. The molecule has 0 saturated carbocycles. The van der Waals surface area contributed by atoms with E-state index < -0.39 is 11.9 Å². The maximum absolute atomic E-state index is 11.2. The fourth-order valence-electron chi connectivity index (χ4n) is 0.964. The molecule has 0 aromatic heterocycles. The van der Waals surface area contributed by atoms with Gasteiger partial charge in [-0.2, -0.15) is 0 Å². The van der Waals surface area contributed by atoms with Crippen molar-refractivity contribution in [2.45, 2.75) is 40.5 Å². The summed E-state index contributed by atoms with van der Waals surface area (Å²) >= 11 is 0. The number of ether oxygens (including phenoxy) is 2. The van der Waals surface area contributed by atoms with Crippen LogP contribution in [-0.2, 0) is 9.59 Å². The molecule has 4 heteroatoms. The molecule has 0 amide bonds. The van der Waals surface area contributed by atoms with E-state index in [0.29, 0.717) is 22.6 Å². The van der Waals surface area contributed by atoms with E-state index in [2.05, 4.69) is 27.0 Å². The summed E-state index contributed by atoms with van der Waals surface area (Å²) in [5.74, 6) is -0.278. The molecule has 0 bridgehead atoms. The summed E-state index contributed by atoms with van der Waals surface area (Å²) in [5, 5.41) is 0. The van der Waals surface area contributed by atoms with Gasteiger partial charge in [0, 0.05) is 11.1 Å². The van der Waals surface area contributed by atoms with Crippen LogP contribution in [0.3, 0.4) is 0 Å². The summed E-state index contributed by atoms with van der Waals surface area (Å²) in [6.45, 7) is 14.4. The lowest BCUT2D eigenvalue weighted by molar-refractivity contribution is -0.131. The highest BCUT2D eigenvalue weighted by molar-refractivity contribution is 5.89. The second-order valence-electron chi connectivity index (χ2n) is 4.81. The van der Waals surface area contributed by atoms with Gasteiger partial charge in [0.1, 0.15) is 11.5 Å². The molecule has 1 rings (SSSR count). The van der Waals surface area contributed by atoms with Gasteiger partial charge in [-0.1, -0.05) is 39.8 Å². The van der Waals surface area contributed by atoms with E-state index in [1.165, 1.54) is 37.1 Å². The highest BCUT2D eigenvalue weighted by atomic mass is 16.5. The van der Waals surface area contributed by atoms with E-state index in [4.69, 9.17) is 9.47 Å². The van der Waals surface area contributed by atoms with Crippen LogP contribution in [0.1, 0.15) is 40.5 Å². The lowest BCUT2D eigenvalue weighted by Crippen LogP contribution is -2.09. The van der Waals surface area contributed by atoms with E-state index >= 15 is 0 Å².